The van der Waals surface area contributed by atoms with E-state index >= 15 is 0 Å². The van der Waals surface area contributed by atoms with Gasteiger partial charge in [-0.3, -0.25) is 0 Å². The number of aromatic nitrogens is 1. The maximum atomic E-state index is 11.7. The van der Waals surface area contributed by atoms with Crippen LogP contribution in [0.15, 0.2) is 41.4 Å². The highest BCUT2D eigenvalue weighted by atomic mass is 35.5. The first-order valence-corrected chi connectivity index (χ1v) is 8.26. The van der Waals surface area contributed by atoms with Crippen molar-refractivity contribution in [3.05, 3.63) is 52.7 Å². The number of anilines is 1. The van der Waals surface area contributed by atoms with Crippen LogP contribution in [-0.2, 0) is 16.4 Å². The van der Waals surface area contributed by atoms with Crippen LogP contribution in [0.2, 0.25) is 5.02 Å². The quantitative estimate of drug-likeness (QED) is 0.936. The van der Waals surface area contributed by atoms with Crippen molar-refractivity contribution in [2.24, 2.45) is 0 Å². The molecule has 0 aliphatic rings. The molecule has 0 aliphatic carbocycles. The van der Waals surface area contributed by atoms with Gasteiger partial charge in [0.1, 0.15) is 16.8 Å². The summed E-state index contributed by atoms with van der Waals surface area (Å²) in [5.41, 5.74) is 1.22. The highest BCUT2D eigenvalue weighted by Gasteiger charge is 2.13. The summed E-state index contributed by atoms with van der Waals surface area (Å²) < 4.78 is 23.3. The predicted molar refractivity (Wildman–Crippen MR) is 80.8 cm³/mol. The van der Waals surface area contributed by atoms with Crippen LogP contribution >= 0.6 is 11.6 Å². The van der Waals surface area contributed by atoms with Gasteiger partial charge in [0.2, 0.25) is 0 Å². The van der Waals surface area contributed by atoms with Crippen molar-refractivity contribution in [2.45, 2.75) is 11.4 Å². The first-order valence-electron chi connectivity index (χ1n) is 5.99. The summed E-state index contributed by atoms with van der Waals surface area (Å²) in [5.74, 6) is 0.292. The maximum absolute atomic E-state index is 11.7. The van der Waals surface area contributed by atoms with Crippen LogP contribution in [0.1, 0.15) is 11.1 Å². The molecule has 0 unspecified atom stereocenters. The van der Waals surface area contributed by atoms with E-state index in [1.165, 1.54) is 12.3 Å². The van der Waals surface area contributed by atoms with Crippen molar-refractivity contribution in [3.63, 3.8) is 0 Å². The molecule has 1 aromatic carbocycles. The van der Waals surface area contributed by atoms with Crippen molar-refractivity contribution in [2.75, 3.05) is 11.6 Å². The Kier molecular flexibility index (Phi) is 4.46. The van der Waals surface area contributed by atoms with Crippen LogP contribution in [0.5, 0.6) is 0 Å². The van der Waals surface area contributed by atoms with E-state index in [0.29, 0.717) is 22.9 Å². The lowest BCUT2D eigenvalue weighted by atomic mass is 10.1. The number of hydrogen-bond acceptors (Lipinski definition) is 5. The molecule has 21 heavy (non-hydrogen) atoms. The number of hydrogen-bond donors (Lipinski definition) is 1. The van der Waals surface area contributed by atoms with E-state index in [2.05, 4.69) is 10.3 Å². The molecule has 0 amide bonds. The molecule has 2 aromatic rings. The molecular formula is C14H12ClN3O2S. The molecule has 0 spiro atoms. The van der Waals surface area contributed by atoms with E-state index in [-0.39, 0.29) is 4.90 Å². The minimum absolute atomic E-state index is 0.143. The molecule has 2 rings (SSSR count). The van der Waals surface area contributed by atoms with Crippen molar-refractivity contribution in [1.29, 1.82) is 5.26 Å². The Hall–Kier alpha value is -2.10. The Morgan fingerprint density at radius 3 is 2.76 bits per heavy atom. The Morgan fingerprint density at radius 2 is 2.14 bits per heavy atom. The summed E-state index contributed by atoms with van der Waals surface area (Å²) in [7, 11) is -3.35. The molecule has 7 heteroatoms. The lowest BCUT2D eigenvalue weighted by Crippen LogP contribution is -2.08. The normalized spacial score (nSPS) is 10.9. The number of pyridine rings is 1. The van der Waals surface area contributed by atoms with Crippen LogP contribution in [0, 0.1) is 11.3 Å². The van der Waals surface area contributed by atoms with Crippen molar-refractivity contribution >= 4 is 27.3 Å². The van der Waals surface area contributed by atoms with Gasteiger partial charge in [0.25, 0.3) is 0 Å². The lowest BCUT2D eigenvalue weighted by molar-refractivity contribution is 0.601. The average Bonchev–Trinajstić information content (AvgIpc) is 2.44. The molecule has 0 saturated heterocycles. The number of nitrogens with zero attached hydrogens (tertiary/aromatic N) is 2. The van der Waals surface area contributed by atoms with Gasteiger partial charge in [0.15, 0.2) is 9.84 Å². The van der Waals surface area contributed by atoms with Gasteiger partial charge in [-0.25, -0.2) is 13.4 Å². The summed E-state index contributed by atoms with van der Waals surface area (Å²) in [4.78, 5) is 4.18. The Bertz CT molecular complexity index is 813. The van der Waals surface area contributed by atoms with E-state index in [4.69, 9.17) is 16.9 Å². The first-order chi connectivity index (χ1) is 9.91. The molecule has 0 aliphatic heterocycles. The molecular weight excluding hydrogens is 310 g/mol. The third-order valence-corrected chi connectivity index (χ3v) is 4.23. The molecule has 1 heterocycles. The number of nitrogens with one attached hydrogen (secondary N) is 1. The van der Waals surface area contributed by atoms with Crippen LogP contribution in [-0.4, -0.2) is 19.7 Å². The second-order valence-corrected chi connectivity index (χ2v) is 6.79. The first kappa shape index (κ1) is 15.3. The predicted octanol–water partition coefficient (Wildman–Crippen LogP) is 2.62. The van der Waals surface area contributed by atoms with E-state index in [1.807, 2.05) is 6.07 Å². The van der Waals surface area contributed by atoms with Gasteiger partial charge in [0, 0.05) is 19.0 Å². The minimum atomic E-state index is -3.35. The van der Waals surface area contributed by atoms with Crippen LogP contribution in [0.3, 0.4) is 0 Å². The molecule has 0 saturated carbocycles. The minimum Gasteiger partial charge on any atom is -0.365 e. The third-order valence-electron chi connectivity index (χ3n) is 2.78. The summed E-state index contributed by atoms with van der Waals surface area (Å²) in [6, 6.07) is 10.1. The Morgan fingerprint density at radius 1 is 1.38 bits per heavy atom. The summed E-state index contributed by atoms with van der Waals surface area (Å²) in [6.07, 6.45) is 2.65. The standard InChI is InChI=1S/C14H12ClN3O2S/c1-21(19,20)13-3-2-6-17-14(13)18-9-10-4-5-11(8-16)12(15)7-10/h2-7H,9H2,1H3,(H,17,18). The number of rotatable bonds is 4. The van der Waals surface area contributed by atoms with Crippen LogP contribution in [0.4, 0.5) is 5.82 Å². The maximum Gasteiger partial charge on any atom is 0.179 e. The fraction of sp³-hybridized carbons (Fsp3) is 0.143. The summed E-state index contributed by atoms with van der Waals surface area (Å²) >= 11 is 5.95. The van der Waals surface area contributed by atoms with Crippen LogP contribution < -0.4 is 5.32 Å². The molecule has 1 N–H and O–H groups in total. The van der Waals surface area contributed by atoms with Crippen molar-refractivity contribution < 1.29 is 8.42 Å². The Balaban J connectivity index is 2.22. The van der Waals surface area contributed by atoms with Gasteiger partial charge in [-0.1, -0.05) is 17.7 Å². The highest BCUT2D eigenvalue weighted by Crippen LogP contribution is 2.20. The number of nitriles is 1. The molecule has 0 radical (unpaired) electrons. The molecule has 0 bridgehead atoms. The second kappa shape index (κ2) is 6.12. The average molecular weight is 322 g/mol. The third kappa shape index (κ3) is 3.72. The van der Waals surface area contributed by atoms with E-state index in [9.17, 15) is 8.42 Å². The topological polar surface area (TPSA) is 82.8 Å². The molecule has 1 aromatic heterocycles. The SMILES string of the molecule is CS(=O)(=O)c1cccnc1NCc1ccc(C#N)c(Cl)c1. The number of halogens is 1. The number of benzene rings is 1. The van der Waals surface area contributed by atoms with Gasteiger partial charge in [-0.2, -0.15) is 5.26 Å². The summed E-state index contributed by atoms with van der Waals surface area (Å²) in [6.45, 7) is 0.352. The highest BCUT2D eigenvalue weighted by molar-refractivity contribution is 7.90. The Labute approximate surface area is 128 Å². The smallest absolute Gasteiger partial charge is 0.179 e. The molecule has 0 fully saturated rings. The van der Waals surface area contributed by atoms with E-state index < -0.39 is 9.84 Å². The molecule has 108 valence electrons. The largest absolute Gasteiger partial charge is 0.365 e. The molecule has 0 atom stereocenters. The van der Waals surface area contributed by atoms with E-state index in [1.54, 1.807) is 24.3 Å². The van der Waals surface area contributed by atoms with Crippen molar-refractivity contribution in [1.82, 2.24) is 4.98 Å². The summed E-state index contributed by atoms with van der Waals surface area (Å²) in [5, 5.41) is 12.1. The zero-order valence-corrected chi connectivity index (χ0v) is 12.7. The van der Waals surface area contributed by atoms with Gasteiger partial charge in [-0.15, -0.1) is 0 Å². The molecule has 5 nitrogen and oxygen atoms in total. The lowest BCUT2D eigenvalue weighted by Gasteiger charge is -2.10. The van der Waals surface area contributed by atoms with Gasteiger partial charge in [0.05, 0.1) is 10.6 Å². The number of sulfone groups is 1. The zero-order valence-electron chi connectivity index (χ0n) is 11.2. The fourth-order valence-corrected chi connectivity index (χ4v) is 2.81. The van der Waals surface area contributed by atoms with Gasteiger partial charge >= 0.3 is 0 Å². The fourth-order valence-electron chi connectivity index (χ4n) is 1.77. The van der Waals surface area contributed by atoms with Gasteiger partial charge < -0.3 is 5.32 Å². The second-order valence-electron chi connectivity index (χ2n) is 4.40. The monoisotopic (exact) mass is 321 g/mol. The van der Waals surface area contributed by atoms with Crippen molar-refractivity contribution in [3.8, 4) is 6.07 Å². The zero-order chi connectivity index (χ0) is 15.5. The van der Waals surface area contributed by atoms with E-state index in [0.717, 1.165) is 11.8 Å². The van der Waals surface area contributed by atoms with Crippen LogP contribution in [0.25, 0.3) is 0 Å². The van der Waals surface area contributed by atoms with Gasteiger partial charge in [-0.05, 0) is 29.8 Å².